The van der Waals surface area contributed by atoms with Crippen LogP contribution in [0.3, 0.4) is 0 Å². The second-order valence-corrected chi connectivity index (χ2v) is 8.07. The van der Waals surface area contributed by atoms with Crippen LogP contribution in [0, 0.1) is 5.82 Å². The van der Waals surface area contributed by atoms with Crippen LogP contribution in [0.25, 0.3) is 0 Å². The SMILES string of the molecule is COc1ccc(N2CCN(C(=O)C3CC(=O)C(OCc4ccc(F)cc4)CN3)CC2)cc1. The van der Waals surface area contributed by atoms with Gasteiger partial charge < -0.3 is 24.6 Å². The minimum Gasteiger partial charge on any atom is -0.497 e. The van der Waals surface area contributed by atoms with Gasteiger partial charge in [0.15, 0.2) is 5.78 Å². The number of hydrogen-bond donors (Lipinski definition) is 1. The Morgan fingerprint density at radius 2 is 1.75 bits per heavy atom. The lowest BCUT2D eigenvalue weighted by Crippen LogP contribution is -2.58. The highest BCUT2D eigenvalue weighted by molar-refractivity contribution is 5.92. The normalized spacial score (nSPS) is 21.5. The summed E-state index contributed by atoms with van der Waals surface area (Å²) < 4.78 is 23.9. The number of nitrogens with zero attached hydrogens (tertiary/aromatic N) is 2. The number of methoxy groups -OCH3 is 1. The third kappa shape index (κ3) is 5.26. The fourth-order valence-corrected chi connectivity index (χ4v) is 4.07. The van der Waals surface area contributed by atoms with Gasteiger partial charge in [-0.3, -0.25) is 9.59 Å². The number of piperazine rings is 1. The third-order valence-electron chi connectivity index (χ3n) is 6.01. The summed E-state index contributed by atoms with van der Waals surface area (Å²) in [6, 6.07) is 13.4. The molecular weight excluding hydrogens is 413 g/mol. The molecule has 0 radical (unpaired) electrons. The predicted octanol–water partition coefficient (Wildman–Crippen LogP) is 2.00. The monoisotopic (exact) mass is 441 g/mol. The molecule has 2 unspecified atom stereocenters. The first kappa shape index (κ1) is 22.2. The van der Waals surface area contributed by atoms with Crippen LogP contribution in [0.5, 0.6) is 5.75 Å². The molecule has 0 saturated carbocycles. The Labute approximate surface area is 187 Å². The molecule has 7 nitrogen and oxygen atoms in total. The van der Waals surface area contributed by atoms with Crippen LogP contribution in [0.15, 0.2) is 48.5 Å². The van der Waals surface area contributed by atoms with Gasteiger partial charge >= 0.3 is 0 Å². The quantitative estimate of drug-likeness (QED) is 0.740. The Morgan fingerprint density at radius 1 is 1.06 bits per heavy atom. The maximum Gasteiger partial charge on any atom is 0.240 e. The van der Waals surface area contributed by atoms with Crippen molar-refractivity contribution in [1.29, 1.82) is 0 Å². The van der Waals surface area contributed by atoms with Crippen LogP contribution in [-0.4, -0.2) is 68.6 Å². The number of nitrogens with one attached hydrogen (secondary N) is 1. The number of anilines is 1. The van der Waals surface area contributed by atoms with E-state index in [0.717, 1.165) is 30.1 Å². The summed E-state index contributed by atoms with van der Waals surface area (Å²) in [4.78, 5) is 29.5. The van der Waals surface area contributed by atoms with Crippen molar-refractivity contribution in [1.82, 2.24) is 10.2 Å². The summed E-state index contributed by atoms with van der Waals surface area (Å²) in [6.45, 7) is 3.22. The molecule has 2 heterocycles. The largest absolute Gasteiger partial charge is 0.497 e. The summed E-state index contributed by atoms with van der Waals surface area (Å²) in [5, 5.41) is 3.17. The van der Waals surface area contributed by atoms with E-state index in [2.05, 4.69) is 10.2 Å². The molecular formula is C24H28FN3O4. The van der Waals surface area contributed by atoms with Crippen molar-refractivity contribution >= 4 is 17.4 Å². The summed E-state index contributed by atoms with van der Waals surface area (Å²) in [7, 11) is 1.64. The van der Waals surface area contributed by atoms with Crippen molar-refractivity contribution in [2.75, 3.05) is 44.7 Å². The minimum atomic E-state index is -0.601. The molecule has 2 saturated heterocycles. The standard InChI is InChI=1S/C24H28FN3O4/c1-31-20-8-6-19(7-9-20)27-10-12-28(13-11-27)24(30)21-14-22(29)23(15-26-21)32-16-17-2-4-18(25)5-3-17/h2-9,21,23,26H,10-16H2,1H3. The van der Waals surface area contributed by atoms with Crippen LogP contribution >= 0.6 is 0 Å². The van der Waals surface area contributed by atoms with E-state index in [1.807, 2.05) is 29.2 Å². The number of halogens is 1. The number of ketones is 1. The molecule has 2 aliphatic rings. The molecule has 0 aliphatic carbocycles. The maximum absolute atomic E-state index is 13.0. The number of ether oxygens (including phenoxy) is 2. The Kier molecular flexibility index (Phi) is 7.02. The van der Waals surface area contributed by atoms with Crippen LogP contribution < -0.4 is 15.0 Å². The second kappa shape index (κ2) is 10.1. The van der Waals surface area contributed by atoms with Gasteiger partial charge in [-0.2, -0.15) is 0 Å². The number of amides is 1. The molecule has 4 rings (SSSR count). The van der Waals surface area contributed by atoms with E-state index in [1.165, 1.54) is 12.1 Å². The van der Waals surface area contributed by atoms with Crippen molar-refractivity contribution in [2.45, 2.75) is 25.2 Å². The average molecular weight is 442 g/mol. The molecule has 2 aromatic carbocycles. The summed E-state index contributed by atoms with van der Waals surface area (Å²) in [5.74, 6) is 0.386. The van der Waals surface area contributed by atoms with Gasteiger partial charge in [-0.05, 0) is 42.0 Å². The van der Waals surface area contributed by atoms with Crippen molar-refractivity contribution < 1.29 is 23.5 Å². The lowest BCUT2D eigenvalue weighted by Gasteiger charge is -2.38. The Morgan fingerprint density at radius 3 is 2.38 bits per heavy atom. The number of benzene rings is 2. The summed E-state index contributed by atoms with van der Waals surface area (Å²) >= 11 is 0. The number of hydrogen-bond acceptors (Lipinski definition) is 6. The molecule has 2 aliphatic heterocycles. The van der Waals surface area contributed by atoms with Gasteiger partial charge in [0.25, 0.3) is 0 Å². The van der Waals surface area contributed by atoms with Crippen LogP contribution in [-0.2, 0) is 20.9 Å². The van der Waals surface area contributed by atoms with E-state index in [1.54, 1.807) is 19.2 Å². The molecule has 1 N–H and O–H groups in total. The zero-order valence-electron chi connectivity index (χ0n) is 18.1. The molecule has 0 bridgehead atoms. The summed E-state index contributed by atoms with van der Waals surface area (Å²) in [5.41, 5.74) is 1.90. The van der Waals surface area contributed by atoms with E-state index < -0.39 is 12.1 Å². The fourth-order valence-electron chi connectivity index (χ4n) is 4.07. The number of Topliss-reactive ketones (excluding diaryl/α,β-unsaturated/α-hetero) is 1. The van der Waals surface area contributed by atoms with Gasteiger partial charge in [0.1, 0.15) is 17.7 Å². The third-order valence-corrected chi connectivity index (χ3v) is 6.01. The first-order valence-electron chi connectivity index (χ1n) is 10.8. The number of carbonyl (C=O) groups excluding carboxylic acids is 2. The average Bonchev–Trinajstić information content (AvgIpc) is 2.84. The van der Waals surface area contributed by atoms with Crippen molar-refractivity contribution in [3.05, 3.63) is 59.9 Å². The highest BCUT2D eigenvalue weighted by Gasteiger charge is 2.35. The van der Waals surface area contributed by atoms with Gasteiger partial charge in [-0.1, -0.05) is 12.1 Å². The lowest BCUT2D eigenvalue weighted by atomic mass is 9.99. The smallest absolute Gasteiger partial charge is 0.240 e. The van der Waals surface area contributed by atoms with E-state index in [9.17, 15) is 14.0 Å². The van der Waals surface area contributed by atoms with E-state index in [-0.39, 0.29) is 30.5 Å². The molecule has 1 amide bonds. The maximum atomic E-state index is 13.0. The number of carbonyl (C=O) groups is 2. The Balaban J connectivity index is 1.24. The minimum absolute atomic E-state index is 0.0373. The first-order valence-corrected chi connectivity index (χ1v) is 10.8. The molecule has 8 heteroatoms. The number of rotatable bonds is 6. The van der Waals surface area contributed by atoms with Crippen LogP contribution in [0.2, 0.25) is 0 Å². The molecule has 0 spiro atoms. The number of piperidine rings is 1. The van der Waals surface area contributed by atoms with Gasteiger partial charge in [0, 0.05) is 44.8 Å². The topological polar surface area (TPSA) is 71.1 Å². The molecule has 2 fully saturated rings. The highest BCUT2D eigenvalue weighted by atomic mass is 19.1. The van der Waals surface area contributed by atoms with E-state index >= 15 is 0 Å². The van der Waals surface area contributed by atoms with E-state index in [4.69, 9.17) is 9.47 Å². The zero-order chi connectivity index (χ0) is 22.5. The van der Waals surface area contributed by atoms with E-state index in [0.29, 0.717) is 19.6 Å². The van der Waals surface area contributed by atoms with Gasteiger partial charge in [0.05, 0.1) is 19.8 Å². The van der Waals surface area contributed by atoms with Crippen molar-refractivity contribution in [2.24, 2.45) is 0 Å². The molecule has 170 valence electrons. The van der Waals surface area contributed by atoms with Crippen molar-refractivity contribution in [3.63, 3.8) is 0 Å². The Hall–Kier alpha value is -2.97. The van der Waals surface area contributed by atoms with Crippen LogP contribution in [0.1, 0.15) is 12.0 Å². The highest BCUT2D eigenvalue weighted by Crippen LogP contribution is 2.21. The Bertz CT molecular complexity index is 927. The summed E-state index contributed by atoms with van der Waals surface area (Å²) in [6.07, 6.45) is -0.484. The molecule has 0 aromatic heterocycles. The first-order chi connectivity index (χ1) is 15.5. The van der Waals surface area contributed by atoms with Crippen molar-refractivity contribution in [3.8, 4) is 5.75 Å². The molecule has 32 heavy (non-hydrogen) atoms. The molecule has 2 atom stereocenters. The van der Waals surface area contributed by atoms with Gasteiger partial charge in [-0.25, -0.2) is 4.39 Å². The fraction of sp³-hybridized carbons (Fsp3) is 0.417. The molecule has 2 aromatic rings. The lowest BCUT2D eigenvalue weighted by molar-refractivity contribution is -0.142. The van der Waals surface area contributed by atoms with Crippen LogP contribution in [0.4, 0.5) is 10.1 Å². The van der Waals surface area contributed by atoms with Gasteiger partial charge in [-0.15, -0.1) is 0 Å². The zero-order valence-corrected chi connectivity index (χ0v) is 18.1. The second-order valence-electron chi connectivity index (χ2n) is 8.07. The van der Waals surface area contributed by atoms with Gasteiger partial charge in [0.2, 0.25) is 5.91 Å². The predicted molar refractivity (Wildman–Crippen MR) is 118 cm³/mol.